The highest BCUT2D eigenvalue weighted by Crippen LogP contribution is 2.35. The number of hydrogen-bond acceptors (Lipinski definition) is 4. The molecule has 1 aromatic carbocycles. The van der Waals surface area contributed by atoms with Crippen molar-refractivity contribution in [1.29, 1.82) is 0 Å². The zero-order valence-electron chi connectivity index (χ0n) is 17.6. The van der Waals surface area contributed by atoms with Crippen LogP contribution in [0.1, 0.15) is 56.8 Å². The van der Waals surface area contributed by atoms with E-state index in [4.69, 9.17) is 32.7 Å². The number of rotatable bonds is 12. The molecule has 1 N–H and O–H groups in total. The van der Waals surface area contributed by atoms with Gasteiger partial charge in [-0.3, -0.25) is 4.79 Å². The molecule has 0 radical (unpaired) electrons. The first-order chi connectivity index (χ1) is 13.8. The van der Waals surface area contributed by atoms with E-state index < -0.39 is 4.52 Å². The lowest BCUT2D eigenvalue weighted by Crippen LogP contribution is -2.36. The normalized spacial score (nSPS) is 13.0. The highest BCUT2D eigenvalue weighted by molar-refractivity contribution is 6.46. The van der Waals surface area contributed by atoms with Crippen molar-refractivity contribution in [2.75, 3.05) is 33.9 Å². The number of aromatic nitrogens is 2. The number of unbranched alkanes of at least 4 members (excludes halogenated alkanes) is 2. The van der Waals surface area contributed by atoms with Gasteiger partial charge in [-0.05, 0) is 31.9 Å². The molecule has 1 atom stereocenters. The number of nitrogens with one attached hydrogen (secondary N) is 1. The first-order valence-electron chi connectivity index (χ1n) is 10.0. The summed E-state index contributed by atoms with van der Waals surface area (Å²) in [5, 5.41) is 0. The highest BCUT2D eigenvalue weighted by atomic mass is 35.5. The van der Waals surface area contributed by atoms with E-state index in [2.05, 4.69) is 16.9 Å². The Kier molecular flexibility index (Phi) is 9.21. The molecule has 0 spiro atoms. The van der Waals surface area contributed by atoms with Gasteiger partial charge in [0.25, 0.3) is 0 Å². The number of carbonyl (C=O) groups is 1. The predicted octanol–water partition coefficient (Wildman–Crippen LogP) is 4.96. The minimum absolute atomic E-state index is 0.0670. The molecule has 0 aliphatic rings. The fraction of sp³-hybridized carbons (Fsp3) is 0.619. The molecule has 0 saturated carbocycles. The van der Waals surface area contributed by atoms with Gasteiger partial charge in [-0.1, -0.05) is 49.0 Å². The van der Waals surface area contributed by atoms with Crippen LogP contribution in [0.5, 0.6) is 0 Å². The van der Waals surface area contributed by atoms with Crippen LogP contribution in [0.15, 0.2) is 18.2 Å². The lowest BCUT2D eigenvalue weighted by molar-refractivity contribution is -0.132. The number of imidazole rings is 1. The number of hydrogen-bond donors (Lipinski definition) is 1. The SMILES string of the molecule is CCCCCN(CCCOC)C(=O)C(C)c1nc2ccc(C(Cl)(Cl)OC)cc2[nH]1. The Hall–Kier alpha value is -1.34. The van der Waals surface area contributed by atoms with Crippen LogP contribution >= 0.6 is 23.2 Å². The maximum atomic E-state index is 13.1. The van der Waals surface area contributed by atoms with E-state index in [9.17, 15) is 4.79 Å². The second-order valence-electron chi connectivity index (χ2n) is 7.18. The molecular formula is C21H31Cl2N3O3. The zero-order valence-corrected chi connectivity index (χ0v) is 19.1. The summed E-state index contributed by atoms with van der Waals surface area (Å²) in [7, 11) is 3.12. The zero-order chi connectivity index (χ0) is 21.4. The van der Waals surface area contributed by atoms with Crippen LogP contribution in [0.3, 0.4) is 0 Å². The summed E-state index contributed by atoms with van der Waals surface area (Å²) in [6.07, 6.45) is 4.03. The summed E-state index contributed by atoms with van der Waals surface area (Å²) in [4.78, 5) is 22.9. The maximum Gasteiger partial charge on any atom is 0.244 e. The number of methoxy groups -OCH3 is 2. The average molecular weight is 444 g/mol. The minimum atomic E-state index is -1.43. The van der Waals surface area contributed by atoms with Gasteiger partial charge < -0.3 is 19.4 Å². The van der Waals surface area contributed by atoms with Gasteiger partial charge in [-0.25, -0.2) is 4.98 Å². The van der Waals surface area contributed by atoms with Gasteiger partial charge in [0.1, 0.15) is 5.82 Å². The summed E-state index contributed by atoms with van der Waals surface area (Å²) in [5.74, 6) is 0.313. The molecule has 1 unspecified atom stereocenters. The van der Waals surface area contributed by atoms with E-state index in [0.717, 1.165) is 43.3 Å². The molecule has 162 valence electrons. The molecule has 0 fully saturated rings. The van der Waals surface area contributed by atoms with E-state index in [1.54, 1.807) is 19.2 Å². The van der Waals surface area contributed by atoms with Gasteiger partial charge in [-0.15, -0.1) is 0 Å². The van der Waals surface area contributed by atoms with Crippen LogP contribution in [0.4, 0.5) is 0 Å². The number of H-pyrrole nitrogens is 1. The fourth-order valence-electron chi connectivity index (χ4n) is 3.21. The number of aromatic amines is 1. The van der Waals surface area contributed by atoms with Crippen LogP contribution in [-0.2, 0) is 18.8 Å². The number of halogens is 2. The Balaban J connectivity index is 2.19. The number of fused-ring (bicyclic) bond motifs is 1. The number of benzene rings is 1. The van der Waals surface area contributed by atoms with Crippen molar-refractivity contribution in [1.82, 2.24) is 14.9 Å². The Labute approximate surface area is 182 Å². The quantitative estimate of drug-likeness (QED) is 0.371. The summed E-state index contributed by atoms with van der Waals surface area (Å²) in [6.45, 7) is 6.10. The standard InChI is InChI=1S/C21H31Cl2N3O3/c1-5-6-7-11-26(12-8-13-28-3)20(27)15(2)19-24-17-10-9-16(14-18(17)25-19)21(22,23)29-4/h9-10,14-15H,5-8,11-13H2,1-4H3,(H,24,25). The largest absolute Gasteiger partial charge is 0.385 e. The van der Waals surface area contributed by atoms with Gasteiger partial charge in [0, 0.05) is 39.5 Å². The molecule has 8 heteroatoms. The Morgan fingerprint density at radius 3 is 2.62 bits per heavy atom. The number of amides is 1. The Bertz CT molecular complexity index is 785. The highest BCUT2D eigenvalue weighted by Gasteiger charge is 2.28. The van der Waals surface area contributed by atoms with Gasteiger partial charge in [0.05, 0.1) is 17.0 Å². The second-order valence-corrected chi connectivity index (χ2v) is 8.43. The van der Waals surface area contributed by atoms with Crippen molar-refractivity contribution in [3.8, 4) is 0 Å². The minimum Gasteiger partial charge on any atom is -0.385 e. The van der Waals surface area contributed by atoms with Gasteiger partial charge in [0.2, 0.25) is 10.4 Å². The average Bonchev–Trinajstić information content (AvgIpc) is 3.15. The number of carbonyl (C=O) groups excluding carboxylic acids is 1. The summed E-state index contributed by atoms with van der Waals surface area (Å²) < 4.78 is 8.83. The molecule has 0 saturated heterocycles. The first-order valence-corrected chi connectivity index (χ1v) is 10.8. The lowest BCUT2D eigenvalue weighted by atomic mass is 10.1. The number of alkyl halides is 2. The molecule has 1 heterocycles. The summed E-state index contributed by atoms with van der Waals surface area (Å²) in [6, 6.07) is 5.38. The van der Waals surface area contributed by atoms with Crippen molar-refractivity contribution in [2.24, 2.45) is 0 Å². The van der Waals surface area contributed by atoms with Gasteiger partial charge in [-0.2, -0.15) is 0 Å². The molecule has 6 nitrogen and oxygen atoms in total. The van der Waals surface area contributed by atoms with Crippen LogP contribution in [0.2, 0.25) is 0 Å². The van der Waals surface area contributed by atoms with Crippen LogP contribution in [0, 0.1) is 0 Å². The van der Waals surface area contributed by atoms with Crippen molar-refractivity contribution in [3.63, 3.8) is 0 Å². The molecule has 0 bridgehead atoms. The smallest absolute Gasteiger partial charge is 0.244 e. The first kappa shape index (κ1) is 23.9. The van der Waals surface area contributed by atoms with Crippen molar-refractivity contribution in [2.45, 2.75) is 50.0 Å². The van der Waals surface area contributed by atoms with Gasteiger partial charge >= 0.3 is 0 Å². The van der Waals surface area contributed by atoms with Crippen molar-refractivity contribution >= 4 is 40.1 Å². The third kappa shape index (κ3) is 6.32. The Morgan fingerprint density at radius 1 is 1.24 bits per heavy atom. The van der Waals surface area contributed by atoms with Crippen molar-refractivity contribution in [3.05, 3.63) is 29.6 Å². The molecule has 2 aromatic rings. The van der Waals surface area contributed by atoms with E-state index in [0.29, 0.717) is 24.5 Å². The topological polar surface area (TPSA) is 67.4 Å². The molecule has 29 heavy (non-hydrogen) atoms. The molecule has 2 rings (SSSR count). The number of nitrogens with zero attached hydrogens (tertiary/aromatic N) is 2. The van der Waals surface area contributed by atoms with Crippen LogP contribution in [0.25, 0.3) is 11.0 Å². The van der Waals surface area contributed by atoms with E-state index >= 15 is 0 Å². The predicted molar refractivity (Wildman–Crippen MR) is 117 cm³/mol. The van der Waals surface area contributed by atoms with Crippen LogP contribution in [-0.4, -0.2) is 54.7 Å². The molecule has 0 aliphatic heterocycles. The van der Waals surface area contributed by atoms with E-state index in [1.807, 2.05) is 17.9 Å². The number of ether oxygens (including phenoxy) is 2. The third-order valence-electron chi connectivity index (χ3n) is 4.99. The third-order valence-corrected chi connectivity index (χ3v) is 5.74. The fourth-order valence-corrected chi connectivity index (χ4v) is 3.44. The van der Waals surface area contributed by atoms with Crippen molar-refractivity contribution < 1.29 is 14.3 Å². The monoisotopic (exact) mass is 443 g/mol. The molecular weight excluding hydrogens is 413 g/mol. The summed E-state index contributed by atoms with van der Waals surface area (Å²) in [5.41, 5.74) is 2.11. The molecule has 0 aliphatic carbocycles. The maximum absolute atomic E-state index is 13.1. The summed E-state index contributed by atoms with van der Waals surface area (Å²) >= 11 is 12.3. The lowest BCUT2D eigenvalue weighted by Gasteiger charge is -2.25. The van der Waals surface area contributed by atoms with Crippen LogP contribution < -0.4 is 0 Å². The molecule has 1 aromatic heterocycles. The second kappa shape index (κ2) is 11.2. The Morgan fingerprint density at radius 2 is 1.97 bits per heavy atom. The van der Waals surface area contributed by atoms with E-state index in [-0.39, 0.29) is 11.8 Å². The van der Waals surface area contributed by atoms with E-state index in [1.165, 1.54) is 7.11 Å². The van der Waals surface area contributed by atoms with Gasteiger partial charge in [0.15, 0.2) is 0 Å². The molecule has 1 amide bonds.